The Hall–Kier alpha value is -1.32. The summed E-state index contributed by atoms with van der Waals surface area (Å²) in [5.41, 5.74) is 1.17. The minimum absolute atomic E-state index is 0.205. The predicted molar refractivity (Wildman–Crippen MR) is 68.1 cm³/mol. The normalized spacial score (nSPS) is 20.3. The lowest BCUT2D eigenvalue weighted by atomic mass is 9.93. The molecule has 18 heavy (non-hydrogen) atoms. The quantitative estimate of drug-likeness (QED) is 0.431. The van der Waals surface area contributed by atoms with Gasteiger partial charge in [-0.05, 0) is 30.8 Å². The number of hydrogen-bond acceptors (Lipinski definition) is 3. The number of unbranched alkanes of at least 4 members (excludes halogenated alkanes) is 1. The van der Waals surface area contributed by atoms with Crippen molar-refractivity contribution in [3.05, 3.63) is 11.6 Å². The van der Waals surface area contributed by atoms with Crippen LogP contribution in [0.2, 0.25) is 0 Å². The summed E-state index contributed by atoms with van der Waals surface area (Å²) in [6.45, 7) is 4.30. The molecule has 1 rings (SSSR count). The Labute approximate surface area is 108 Å². The van der Waals surface area contributed by atoms with Gasteiger partial charge in [-0.3, -0.25) is 9.59 Å². The molecule has 2 atom stereocenters. The molecule has 0 aromatic heterocycles. The van der Waals surface area contributed by atoms with Gasteiger partial charge in [0.05, 0.1) is 0 Å². The molecule has 0 aromatic carbocycles. The first-order valence-corrected chi connectivity index (χ1v) is 6.65. The van der Waals surface area contributed by atoms with Crippen molar-refractivity contribution in [1.82, 2.24) is 0 Å². The van der Waals surface area contributed by atoms with Crippen molar-refractivity contribution in [2.24, 2.45) is 5.92 Å². The number of carbonyl (C=O) groups excluding carboxylic acids is 1. The molecule has 4 nitrogen and oxygen atoms in total. The Morgan fingerprint density at radius 1 is 1.56 bits per heavy atom. The average molecular weight is 254 g/mol. The van der Waals surface area contributed by atoms with E-state index in [9.17, 15) is 9.59 Å². The maximum absolute atomic E-state index is 11.4. The molecule has 1 aliphatic rings. The number of aliphatic carboxylic acids is 1. The van der Waals surface area contributed by atoms with Crippen LogP contribution in [0.1, 0.15) is 52.4 Å². The van der Waals surface area contributed by atoms with Gasteiger partial charge in [0.2, 0.25) is 0 Å². The molecule has 2 unspecified atom stereocenters. The van der Waals surface area contributed by atoms with E-state index in [4.69, 9.17) is 9.84 Å². The van der Waals surface area contributed by atoms with Gasteiger partial charge in [-0.15, -0.1) is 0 Å². The molecule has 0 heterocycles. The third-order valence-corrected chi connectivity index (χ3v) is 3.31. The molecule has 0 saturated heterocycles. The summed E-state index contributed by atoms with van der Waals surface area (Å²) in [6, 6.07) is 0. The molecule has 0 fully saturated rings. The molecule has 1 aliphatic carbocycles. The molecular weight excluding hydrogens is 232 g/mol. The molecule has 0 bridgehead atoms. The summed E-state index contributed by atoms with van der Waals surface area (Å²) in [7, 11) is 0. The standard InChI is InChI=1S/C14H22O4/c1-3-4-6-10(2)11-7-5-8-12(11)18-14(17)9-13(15)16/h7,10,12H,3-6,8-9H2,1-2H3,(H,15,16). The van der Waals surface area contributed by atoms with Gasteiger partial charge in [0, 0.05) is 0 Å². The predicted octanol–water partition coefficient (Wildman–Crippen LogP) is 2.92. The summed E-state index contributed by atoms with van der Waals surface area (Å²) in [6.07, 6.45) is 6.49. The van der Waals surface area contributed by atoms with Crippen molar-refractivity contribution >= 4 is 11.9 Å². The highest BCUT2D eigenvalue weighted by molar-refractivity contribution is 5.90. The van der Waals surface area contributed by atoms with Gasteiger partial charge in [-0.2, -0.15) is 0 Å². The largest absolute Gasteiger partial charge is 0.481 e. The zero-order valence-corrected chi connectivity index (χ0v) is 11.1. The molecule has 0 aliphatic heterocycles. The van der Waals surface area contributed by atoms with Crippen LogP contribution in [-0.2, 0) is 14.3 Å². The highest BCUT2D eigenvalue weighted by Gasteiger charge is 2.27. The number of carboxylic acids is 1. The minimum atomic E-state index is -1.14. The van der Waals surface area contributed by atoms with E-state index in [1.165, 1.54) is 5.57 Å². The Balaban J connectivity index is 2.48. The molecule has 0 aromatic rings. The van der Waals surface area contributed by atoms with Crippen molar-refractivity contribution < 1.29 is 19.4 Å². The second kappa shape index (κ2) is 7.19. The molecule has 0 spiro atoms. The molecule has 1 N–H and O–H groups in total. The minimum Gasteiger partial charge on any atom is -0.481 e. The van der Waals surface area contributed by atoms with Crippen LogP contribution < -0.4 is 0 Å². The number of allylic oxidation sites excluding steroid dienone is 1. The zero-order valence-electron chi connectivity index (χ0n) is 11.1. The Morgan fingerprint density at radius 3 is 2.89 bits per heavy atom. The van der Waals surface area contributed by atoms with Crippen molar-refractivity contribution in [1.29, 1.82) is 0 Å². The van der Waals surface area contributed by atoms with Crippen LogP contribution in [0.5, 0.6) is 0 Å². The fourth-order valence-electron chi connectivity index (χ4n) is 2.35. The van der Waals surface area contributed by atoms with E-state index in [2.05, 4.69) is 19.9 Å². The SMILES string of the molecule is CCCCC(C)C1=CCCC1OC(=O)CC(=O)O. The number of carboxylic acid groups (broad SMARTS) is 1. The summed E-state index contributed by atoms with van der Waals surface area (Å²) >= 11 is 0. The number of esters is 1. The maximum atomic E-state index is 11.4. The van der Waals surface area contributed by atoms with Gasteiger partial charge in [0.15, 0.2) is 0 Å². The van der Waals surface area contributed by atoms with Gasteiger partial charge in [0.1, 0.15) is 12.5 Å². The van der Waals surface area contributed by atoms with E-state index in [0.29, 0.717) is 5.92 Å². The van der Waals surface area contributed by atoms with E-state index < -0.39 is 18.4 Å². The van der Waals surface area contributed by atoms with Crippen molar-refractivity contribution in [3.8, 4) is 0 Å². The fourth-order valence-corrected chi connectivity index (χ4v) is 2.35. The van der Waals surface area contributed by atoms with E-state index in [1.807, 2.05) is 0 Å². The van der Waals surface area contributed by atoms with Crippen LogP contribution in [0, 0.1) is 5.92 Å². The first-order valence-electron chi connectivity index (χ1n) is 6.65. The fraction of sp³-hybridized carbons (Fsp3) is 0.714. The van der Waals surface area contributed by atoms with Crippen molar-refractivity contribution in [3.63, 3.8) is 0 Å². The van der Waals surface area contributed by atoms with Gasteiger partial charge in [-0.1, -0.05) is 32.8 Å². The monoisotopic (exact) mass is 254 g/mol. The van der Waals surface area contributed by atoms with E-state index in [1.54, 1.807) is 0 Å². The maximum Gasteiger partial charge on any atom is 0.317 e. The van der Waals surface area contributed by atoms with Gasteiger partial charge < -0.3 is 9.84 Å². The van der Waals surface area contributed by atoms with Crippen LogP contribution in [0.3, 0.4) is 0 Å². The lowest BCUT2D eigenvalue weighted by Gasteiger charge is -2.21. The Morgan fingerprint density at radius 2 is 2.28 bits per heavy atom. The van der Waals surface area contributed by atoms with E-state index in [0.717, 1.165) is 32.1 Å². The molecular formula is C14H22O4. The number of hydrogen-bond donors (Lipinski definition) is 1. The average Bonchev–Trinajstić information content (AvgIpc) is 2.72. The Bertz CT molecular complexity index is 333. The van der Waals surface area contributed by atoms with E-state index >= 15 is 0 Å². The second-order valence-corrected chi connectivity index (χ2v) is 4.87. The third kappa shape index (κ3) is 4.51. The van der Waals surface area contributed by atoms with Gasteiger partial charge in [0.25, 0.3) is 0 Å². The van der Waals surface area contributed by atoms with E-state index in [-0.39, 0.29) is 6.10 Å². The van der Waals surface area contributed by atoms with Crippen molar-refractivity contribution in [2.45, 2.75) is 58.5 Å². The highest BCUT2D eigenvalue weighted by atomic mass is 16.5. The molecule has 4 heteroatoms. The summed E-state index contributed by atoms with van der Waals surface area (Å²) in [5.74, 6) is -1.36. The lowest BCUT2D eigenvalue weighted by molar-refractivity contribution is -0.154. The second-order valence-electron chi connectivity index (χ2n) is 4.87. The molecule has 0 radical (unpaired) electrons. The summed E-state index contributed by atoms with van der Waals surface area (Å²) in [5, 5.41) is 8.53. The third-order valence-electron chi connectivity index (χ3n) is 3.31. The highest BCUT2D eigenvalue weighted by Crippen LogP contribution is 2.31. The first-order chi connectivity index (χ1) is 8.54. The van der Waals surface area contributed by atoms with Crippen LogP contribution in [0.4, 0.5) is 0 Å². The summed E-state index contributed by atoms with van der Waals surface area (Å²) in [4.78, 5) is 21.8. The van der Waals surface area contributed by atoms with Crippen LogP contribution in [-0.4, -0.2) is 23.1 Å². The molecule has 0 saturated carbocycles. The smallest absolute Gasteiger partial charge is 0.317 e. The van der Waals surface area contributed by atoms with Crippen LogP contribution in [0.25, 0.3) is 0 Å². The van der Waals surface area contributed by atoms with Crippen LogP contribution >= 0.6 is 0 Å². The molecule has 0 amide bonds. The number of ether oxygens (including phenoxy) is 1. The van der Waals surface area contributed by atoms with Crippen LogP contribution in [0.15, 0.2) is 11.6 Å². The lowest BCUT2D eigenvalue weighted by Crippen LogP contribution is -2.22. The first kappa shape index (κ1) is 14.7. The summed E-state index contributed by atoms with van der Waals surface area (Å²) < 4.78 is 5.25. The van der Waals surface area contributed by atoms with Gasteiger partial charge in [-0.25, -0.2) is 0 Å². The number of carbonyl (C=O) groups is 2. The number of rotatable bonds is 7. The zero-order chi connectivity index (χ0) is 13.5. The molecule has 102 valence electrons. The Kier molecular flexibility index (Phi) is 5.89. The van der Waals surface area contributed by atoms with Crippen molar-refractivity contribution in [2.75, 3.05) is 0 Å². The topological polar surface area (TPSA) is 63.6 Å². The van der Waals surface area contributed by atoms with Gasteiger partial charge >= 0.3 is 11.9 Å².